The van der Waals surface area contributed by atoms with Gasteiger partial charge >= 0.3 is 0 Å². The maximum absolute atomic E-state index is 5.39. The summed E-state index contributed by atoms with van der Waals surface area (Å²) < 4.78 is 5.39. The van der Waals surface area contributed by atoms with Crippen LogP contribution in [0.1, 0.15) is 17.4 Å². The smallest absolute Gasteiger partial charge is 0.126 e. The number of furan rings is 1. The SMILES string of the molecule is c1coc(C2Cc3ccccc3N2)c1. The molecule has 0 fully saturated rings. The first kappa shape index (κ1) is 7.68. The number of rotatable bonds is 1. The molecule has 1 aromatic carbocycles. The first-order valence-electron chi connectivity index (χ1n) is 4.81. The Hall–Kier alpha value is -1.70. The Bertz CT molecular complexity index is 408. The molecule has 0 amide bonds. The highest BCUT2D eigenvalue weighted by molar-refractivity contribution is 5.57. The van der Waals surface area contributed by atoms with Crippen LogP contribution in [-0.4, -0.2) is 0 Å². The Morgan fingerprint density at radius 3 is 2.86 bits per heavy atom. The summed E-state index contributed by atoms with van der Waals surface area (Å²) in [7, 11) is 0. The van der Waals surface area contributed by atoms with Gasteiger partial charge in [-0.05, 0) is 23.8 Å². The molecule has 1 N–H and O–H groups in total. The molecule has 1 atom stereocenters. The van der Waals surface area contributed by atoms with Crippen molar-refractivity contribution in [3.05, 3.63) is 54.0 Å². The Kier molecular flexibility index (Phi) is 1.60. The first-order valence-corrected chi connectivity index (χ1v) is 4.81. The molecule has 0 saturated carbocycles. The Balaban J connectivity index is 1.92. The summed E-state index contributed by atoms with van der Waals surface area (Å²) in [5.41, 5.74) is 2.60. The van der Waals surface area contributed by atoms with Gasteiger partial charge in [0.05, 0.1) is 12.3 Å². The Labute approximate surface area is 82.6 Å². The summed E-state index contributed by atoms with van der Waals surface area (Å²) in [5.74, 6) is 1.02. The predicted molar refractivity (Wildman–Crippen MR) is 55.2 cm³/mol. The standard InChI is InChI=1S/C12H11NO/c1-2-5-10-9(4-1)8-11(13-10)12-6-3-7-14-12/h1-7,11,13H,8H2. The summed E-state index contributed by atoms with van der Waals surface area (Å²) >= 11 is 0. The Morgan fingerprint density at radius 1 is 1.14 bits per heavy atom. The molecule has 3 rings (SSSR count). The fourth-order valence-electron chi connectivity index (χ4n) is 1.96. The van der Waals surface area contributed by atoms with Crippen LogP contribution in [0.3, 0.4) is 0 Å². The van der Waals surface area contributed by atoms with E-state index >= 15 is 0 Å². The van der Waals surface area contributed by atoms with Crippen molar-refractivity contribution in [2.24, 2.45) is 0 Å². The minimum atomic E-state index is 0.308. The minimum Gasteiger partial charge on any atom is -0.467 e. The van der Waals surface area contributed by atoms with E-state index in [1.54, 1.807) is 6.26 Å². The number of anilines is 1. The van der Waals surface area contributed by atoms with Crippen LogP contribution in [0.25, 0.3) is 0 Å². The number of para-hydroxylation sites is 1. The van der Waals surface area contributed by atoms with Crippen molar-refractivity contribution in [1.29, 1.82) is 0 Å². The van der Waals surface area contributed by atoms with Crippen molar-refractivity contribution >= 4 is 5.69 Å². The van der Waals surface area contributed by atoms with Gasteiger partial charge in [0.1, 0.15) is 5.76 Å². The van der Waals surface area contributed by atoms with Crippen molar-refractivity contribution in [2.75, 3.05) is 5.32 Å². The number of fused-ring (bicyclic) bond motifs is 1. The van der Waals surface area contributed by atoms with Gasteiger partial charge in [0.2, 0.25) is 0 Å². The number of nitrogens with one attached hydrogen (secondary N) is 1. The molecule has 2 aromatic rings. The van der Waals surface area contributed by atoms with Crippen LogP contribution in [0.15, 0.2) is 47.1 Å². The maximum atomic E-state index is 5.39. The zero-order valence-electron chi connectivity index (χ0n) is 7.73. The maximum Gasteiger partial charge on any atom is 0.126 e. The van der Waals surface area contributed by atoms with Gasteiger partial charge in [-0.25, -0.2) is 0 Å². The predicted octanol–water partition coefficient (Wildman–Crippen LogP) is 2.99. The van der Waals surface area contributed by atoms with Crippen molar-refractivity contribution in [1.82, 2.24) is 0 Å². The second-order valence-corrected chi connectivity index (χ2v) is 3.57. The van der Waals surface area contributed by atoms with E-state index in [4.69, 9.17) is 4.42 Å². The molecule has 0 bridgehead atoms. The van der Waals surface area contributed by atoms with Gasteiger partial charge < -0.3 is 9.73 Å². The fourth-order valence-corrected chi connectivity index (χ4v) is 1.96. The van der Waals surface area contributed by atoms with Crippen LogP contribution in [-0.2, 0) is 6.42 Å². The molecule has 1 unspecified atom stereocenters. The van der Waals surface area contributed by atoms with Gasteiger partial charge in [-0.2, -0.15) is 0 Å². The largest absolute Gasteiger partial charge is 0.467 e. The summed E-state index contributed by atoms with van der Waals surface area (Å²) in [6, 6.07) is 12.6. The lowest BCUT2D eigenvalue weighted by atomic mass is 10.1. The molecule has 0 spiro atoms. The van der Waals surface area contributed by atoms with Crippen LogP contribution in [0.2, 0.25) is 0 Å². The lowest BCUT2D eigenvalue weighted by Gasteiger charge is -2.06. The van der Waals surface area contributed by atoms with Crippen LogP contribution >= 0.6 is 0 Å². The molecular formula is C12H11NO. The third kappa shape index (κ3) is 1.11. The average molecular weight is 185 g/mol. The van der Waals surface area contributed by atoms with Gasteiger partial charge in [-0.1, -0.05) is 18.2 Å². The van der Waals surface area contributed by atoms with Gasteiger partial charge in [0.15, 0.2) is 0 Å². The normalized spacial score (nSPS) is 19.0. The highest BCUT2D eigenvalue weighted by atomic mass is 16.3. The van der Waals surface area contributed by atoms with Crippen LogP contribution in [0.4, 0.5) is 5.69 Å². The third-order valence-electron chi connectivity index (χ3n) is 2.66. The summed E-state index contributed by atoms with van der Waals surface area (Å²) in [6.45, 7) is 0. The van der Waals surface area contributed by atoms with Crippen molar-refractivity contribution in [3.63, 3.8) is 0 Å². The van der Waals surface area contributed by atoms with E-state index in [1.165, 1.54) is 11.3 Å². The summed E-state index contributed by atoms with van der Waals surface area (Å²) in [6.07, 6.45) is 2.74. The van der Waals surface area contributed by atoms with E-state index in [0.29, 0.717) is 6.04 Å². The van der Waals surface area contributed by atoms with E-state index in [0.717, 1.165) is 12.2 Å². The third-order valence-corrected chi connectivity index (χ3v) is 2.66. The van der Waals surface area contributed by atoms with E-state index in [-0.39, 0.29) is 0 Å². The van der Waals surface area contributed by atoms with Crippen molar-refractivity contribution < 1.29 is 4.42 Å². The number of benzene rings is 1. The summed E-state index contributed by atoms with van der Waals surface area (Å²) in [5, 5.41) is 3.44. The van der Waals surface area contributed by atoms with Gasteiger partial charge in [0.25, 0.3) is 0 Å². The number of hydrogen-bond acceptors (Lipinski definition) is 2. The van der Waals surface area contributed by atoms with E-state index in [9.17, 15) is 0 Å². The van der Waals surface area contributed by atoms with Crippen LogP contribution in [0, 0.1) is 0 Å². The van der Waals surface area contributed by atoms with Gasteiger partial charge in [0, 0.05) is 12.1 Å². The number of hydrogen-bond donors (Lipinski definition) is 1. The minimum absolute atomic E-state index is 0.308. The van der Waals surface area contributed by atoms with E-state index < -0.39 is 0 Å². The quantitative estimate of drug-likeness (QED) is 0.738. The van der Waals surface area contributed by atoms with E-state index in [1.807, 2.05) is 12.1 Å². The zero-order valence-corrected chi connectivity index (χ0v) is 7.73. The highest BCUT2D eigenvalue weighted by Gasteiger charge is 2.22. The monoisotopic (exact) mass is 185 g/mol. The molecule has 0 radical (unpaired) electrons. The lowest BCUT2D eigenvalue weighted by Crippen LogP contribution is -2.03. The molecule has 1 aromatic heterocycles. The first-order chi connectivity index (χ1) is 6.93. The topological polar surface area (TPSA) is 25.2 Å². The average Bonchev–Trinajstić information content (AvgIpc) is 2.86. The van der Waals surface area contributed by atoms with Crippen LogP contribution < -0.4 is 5.32 Å². The Morgan fingerprint density at radius 2 is 2.07 bits per heavy atom. The van der Waals surface area contributed by atoms with Gasteiger partial charge in [-0.15, -0.1) is 0 Å². The summed E-state index contributed by atoms with van der Waals surface area (Å²) in [4.78, 5) is 0. The molecule has 1 aliphatic heterocycles. The van der Waals surface area contributed by atoms with Crippen LogP contribution in [0.5, 0.6) is 0 Å². The highest BCUT2D eigenvalue weighted by Crippen LogP contribution is 2.33. The molecule has 70 valence electrons. The molecule has 14 heavy (non-hydrogen) atoms. The fraction of sp³-hybridized carbons (Fsp3) is 0.167. The van der Waals surface area contributed by atoms with Crippen molar-refractivity contribution in [2.45, 2.75) is 12.5 Å². The lowest BCUT2D eigenvalue weighted by molar-refractivity contribution is 0.483. The molecule has 2 nitrogen and oxygen atoms in total. The molecular weight excluding hydrogens is 174 g/mol. The second kappa shape index (κ2) is 2.91. The van der Waals surface area contributed by atoms with E-state index in [2.05, 4.69) is 29.6 Å². The molecule has 2 heteroatoms. The van der Waals surface area contributed by atoms with Crippen molar-refractivity contribution in [3.8, 4) is 0 Å². The molecule has 0 saturated heterocycles. The molecule has 2 heterocycles. The second-order valence-electron chi connectivity index (χ2n) is 3.57. The molecule has 1 aliphatic rings. The molecule has 0 aliphatic carbocycles. The zero-order chi connectivity index (χ0) is 9.38. The van der Waals surface area contributed by atoms with Gasteiger partial charge in [-0.3, -0.25) is 0 Å².